The largest absolute Gasteiger partial charge is 0.495 e. The Labute approximate surface area is 101 Å². The van der Waals surface area contributed by atoms with Crippen LogP contribution in [0.5, 0.6) is 5.75 Å². The average Bonchev–Trinajstić information content (AvgIpc) is 2.39. The number of rotatable bonds is 5. The van der Waals surface area contributed by atoms with Gasteiger partial charge in [-0.05, 0) is 17.7 Å². The van der Waals surface area contributed by atoms with Gasteiger partial charge in [-0.1, -0.05) is 12.1 Å². The van der Waals surface area contributed by atoms with Crippen molar-refractivity contribution in [1.82, 2.24) is 5.32 Å². The highest BCUT2D eigenvalue weighted by Gasteiger charge is 2.11. The van der Waals surface area contributed by atoms with E-state index in [9.17, 15) is 0 Å². The van der Waals surface area contributed by atoms with E-state index in [1.54, 1.807) is 24.3 Å². The molecule has 0 saturated heterocycles. The standard InChI is InChI=1S/C13H13N3O/c1-3-6-16-12(9-15)10-4-5-13(17-2)11(7-10)8-14/h3-5,7,12,16H,1,6H2,2H3. The summed E-state index contributed by atoms with van der Waals surface area (Å²) in [6.45, 7) is 4.11. The molecule has 0 bridgehead atoms. The molecule has 86 valence electrons. The van der Waals surface area contributed by atoms with Crippen LogP contribution in [0.4, 0.5) is 0 Å². The Morgan fingerprint density at radius 3 is 2.82 bits per heavy atom. The van der Waals surface area contributed by atoms with Crippen molar-refractivity contribution in [2.24, 2.45) is 0 Å². The summed E-state index contributed by atoms with van der Waals surface area (Å²) in [5.74, 6) is 0.511. The summed E-state index contributed by atoms with van der Waals surface area (Å²) < 4.78 is 5.04. The van der Waals surface area contributed by atoms with Crippen LogP contribution in [0.1, 0.15) is 17.2 Å². The first kappa shape index (κ1) is 12.8. The lowest BCUT2D eigenvalue weighted by Gasteiger charge is -2.11. The molecule has 1 rings (SSSR count). The molecule has 4 heteroatoms. The summed E-state index contributed by atoms with van der Waals surface area (Å²) in [7, 11) is 1.51. The minimum Gasteiger partial charge on any atom is -0.495 e. The highest BCUT2D eigenvalue weighted by atomic mass is 16.5. The molecule has 0 saturated carbocycles. The first-order chi connectivity index (χ1) is 8.26. The van der Waals surface area contributed by atoms with Crippen molar-refractivity contribution in [3.8, 4) is 17.9 Å². The predicted octanol–water partition coefficient (Wildman–Crippen LogP) is 1.91. The fourth-order valence-corrected chi connectivity index (χ4v) is 1.43. The average molecular weight is 227 g/mol. The SMILES string of the molecule is C=CCNC(C#N)c1ccc(OC)c(C#N)c1. The minimum absolute atomic E-state index is 0.422. The van der Waals surface area contributed by atoms with Crippen molar-refractivity contribution < 1.29 is 4.74 Å². The van der Waals surface area contributed by atoms with E-state index in [4.69, 9.17) is 15.3 Å². The summed E-state index contributed by atoms with van der Waals surface area (Å²) >= 11 is 0. The Morgan fingerprint density at radius 2 is 2.29 bits per heavy atom. The third kappa shape index (κ3) is 3.07. The van der Waals surface area contributed by atoms with E-state index in [-0.39, 0.29) is 0 Å². The van der Waals surface area contributed by atoms with Gasteiger partial charge in [-0.2, -0.15) is 10.5 Å². The molecule has 1 unspecified atom stereocenters. The lowest BCUT2D eigenvalue weighted by atomic mass is 10.0. The van der Waals surface area contributed by atoms with Crippen LogP contribution in [0.3, 0.4) is 0 Å². The number of hydrogen-bond donors (Lipinski definition) is 1. The molecule has 1 aromatic rings. The second-order valence-electron chi connectivity index (χ2n) is 3.33. The second-order valence-corrected chi connectivity index (χ2v) is 3.33. The van der Waals surface area contributed by atoms with Crippen molar-refractivity contribution >= 4 is 0 Å². The van der Waals surface area contributed by atoms with Crippen LogP contribution in [0.25, 0.3) is 0 Å². The van der Waals surface area contributed by atoms with Crippen LogP contribution in [0, 0.1) is 22.7 Å². The topological polar surface area (TPSA) is 68.8 Å². The zero-order valence-corrected chi connectivity index (χ0v) is 9.60. The van der Waals surface area contributed by atoms with Gasteiger partial charge in [0.2, 0.25) is 0 Å². The zero-order chi connectivity index (χ0) is 12.7. The van der Waals surface area contributed by atoms with E-state index in [1.165, 1.54) is 7.11 Å². The lowest BCUT2D eigenvalue weighted by Crippen LogP contribution is -2.19. The summed E-state index contributed by atoms with van der Waals surface area (Å²) in [5.41, 5.74) is 1.16. The van der Waals surface area contributed by atoms with Crippen molar-refractivity contribution in [2.75, 3.05) is 13.7 Å². The molecular weight excluding hydrogens is 214 g/mol. The Morgan fingerprint density at radius 1 is 1.53 bits per heavy atom. The van der Waals surface area contributed by atoms with Crippen LogP contribution in [-0.4, -0.2) is 13.7 Å². The Kier molecular flexibility index (Phi) is 4.75. The van der Waals surface area contributed by atoms with E-state index >= 15 is 0 Å². The van der Waals surface area contributed by atoms with Gasteiger partial charge in [0.15, 0.2) is 0 Å². The van der Waals surface area contributed by atoms with Gasteiger partial charge in [-0.25, -0.2) is 0 Å². The number of benzene rings is 1. The first-order valence-electron chi connectivity index (χ1n) is 5.08. The number of methoxy groups -OCH3 is 1. The van der Waals surface area contributed by atoms with Gasteiger partial charge >= 0.3 is 0 Å². The van der Waals surface area contributed by atoms with E-state index in [1.807, 2.05) is 6.07 Å². The fraction of sp³-hybridized carbons (Fsp3) is 0.231. The monoisotopic (exact) mass is 227 g/mol. The van der Waals surface area contributed by atoms with E-state index in [0.29, 0.717) is 17.9 Å². The third-order valence-corrected chi connectivity index (χ3v) is 2.27. The Bertz CT molecular complexity index is 482. The molecule has 0 radical (unpaired) electrons. The number of nitrogens with zero attached hydrogens (tertiary/aromatic N) is 2. The molecule has 1 aromatic carbocycles. The molecule has 0 aliphatic rings. The maximum Gasteiger partial charge on any atom is 0.136 e. The van der Waals surface area contributed by atoms with Gasteiger partial charge < -0.3 is 4.74 Å². The number of hydrogen-bond acceptors (Lipinski definition) is 4. The highest BCUT2D eigenvalue weighted by Crippen LogP contribution is 2.22. The Hall–Kier alpha value is -2.30. The van der Waals surface area contributed by atoms with Crippen LogP contribution in [0.2, 0.25) is 0 Å². The quantitative estimate of drug-likeness (QED) is 0.780. The molecule has 1 atom stereocenters. The van der Waals surface area contributed by atoms with Gasteiger partial charge in [0.05, 0.1) is 18.7 Å². The van der Waals surface area contributed by atoms with Crippen molar-refractivity contribution in [2.45, 2.75) is 6.04 Å². The zero-order valence-electron chi connectivity index (χ0n) is 9.60. The van der Waals surface area contributed by atoms with E-state index < -0.39 is 6.04 Å². The highest BCUT2D eigenvalue weighted by molar-refractivity contribution is 5.46. The molecule has 0 spiro atoms. The van der Waals surface area contributed by atoms with Crippen molar-refractivity contribution in [3.05, 3.63) is 42.0 Å². The smallest absolute Gasteiger partial charge is 0.136 e. The second kappa shape index (κ2) is 6.32. The lowest BCUT2D eigenvalue weighted by molar-refractivity contribution is 0.413. The van der Waals surface area contributed by atoms with Gasteiger partial charge in [0.25, 0.3) is 0 Å². The minimum atomic E-state index is -0.453. The van der Waals surface area contributed by atoms with E-state index in [0.717, 1.165) is 5.56 Å². The third-order valence-electron chi connectivity index (χ3n) is 2.27. The molecule has 0 heterocycles. The molecular formula is C13H13N3O. The molecule has 0 aliphatic heterocycles. The van der Waals surface area contributed by atoms with Crippen LogP contribution in [0.15, 0.2) is 30.9 Å². The normalized spacial score (nSPS) is 11.0. The predicted molar refractivity (Wildman–Crippen MR) is 64.3 cm³/mol. The number of nitrogens with one attached hydrogen (secondary N) is 1. The Balaban J connectivity index is 3.02. The molecule has 0 fully saturated rings. The summed E-state index contributed by atoms with van der Waals surface area (Å²) in [5, 5.41) is 21.0. The van der Waals surface area contributed by atoms with E-state index in [2.05, 4.69) is 18.0 Å². The first-order valence-corrected chi connectivity index (χ1v) is 5.08. The molecule has 1 N–H and O–H groups in total. The molecule has 17 heavy (non-hydrogen) atoms. The summed E-state index contributed by atoms with van der Waals surface area (Å²) in [6, 6.07) is 8.83. The maximum atomic E-state index is 9.04. The van der Waals surface area contributed by atoms with Crippen LogP contribution in [-0.2, 0) is 0 Å². The van der Waals surface area contributed by atoms with Gasteiger partial charge in [-0.3, -0.25) is 5.32 Å². The van der Waals surface area contributed by atoms with Gasteiger partial charge in [-0.15, -0.1) is 6.58 Å². The van der Waals surface area contributed by atoms with Gasteiger partial charge in [0.1, 0.15) is 17.9 Å². The molecule has 0 aliphatic carbocycles. The maximum absolute atomic E-state index is 9.04. The summed E-state index contributed by atoms with van der Waals surface area (Å²) in [6.07, 6.45) is 1.68. The van der Waals surface area contributed by atoms with Crippen LogP contribution >= 0.6 is 0 Å². The van der Waals surface area contributed by atoms with Crippen molar-refractivity contribution in [1.29, 1.82) is 10.5 Å². The fourth-order valence-electron chi connectivity index (χ4n) is 1.43. The van der Waals surface area contributed by atoms with Crippen LogP contribution < -0.4 is 10.1 Å². The molecule has 0 amide bonds. The molecule has 4 nitrogen and oxygen atoms in total. The van der Waals surface area contributed by atoms with Crippen molar-refractivity contribution in [3.63, 3.8) is 0 Å². The number of nitriles is 2. The summed E-state index contributed by atoms with van der Waals surface area (Å²) in [4.78, 5) is 0. The van der Waals surface area contributed by atoms with Gasteiger partial charge in [0, 0.05) is 6.54 Å². The number of ether oxygens (including phenoxy) is 1. The molecule has 0 aromatic heterocycles.